The monoisotopic (exact) mass is 345 g/mol. The van der Waals surface area contributed by atoms with Crippen molar-refractivity contribution in [3.63, 3.8) is 0 Å². The topological polar surface area (TPSA) is 39.6 Å². The molecule has 2 aliphatic rings. The number of halogens is 3. The van der Waals surface area contributed by atoms with E-state index in [1.54, 1.807) is 0 Å². The average molecular weight is 345 g/mol. The maximum atomic E-state index is 12.3. The van der Waals surface area contributed by atoms with Crippen LogP contribution in [0.15, 0.2) is 18.3 Å². The van der Waals surface area contributed by atoms with Crippen molar-refractivity contribution in [2.24, 2.45) is 0 Å². The van der Waals surface area contributed by atoms with Crippen molar-refractivity contribution in [2.75, 3.05) is 38.1 Å². The van der Waals surface area contributed by atoms with Gasteiger partial charge in [-0.1, -0.05) is 0 Å². The van der Waals surface area contributed by atoms with Crippen molar-refractivity contribution in [3.05, 3.63) is 23.9 Å². The summed E-state index contributed by atoms with van der Waals surface area (Å²) in [7, 11) is 2.09. The Morgan fingerprint density at radius 2 is 1.67 bits per heavy atom. The van der Waals surface area contributed by atoms with E-state index in [4.69, 9.17) is 5.11 Å². The fraction of sp³-hybridized carbons (Fsp3) is 0.706. The van der Waals surface area contributed by atoms with Gasteiger partial charge in [0.05, 0.1) is 11.7 Å². The molecule has 2 aliphatic heterocycles. The first-order valence-electron chi connectivity index (χ1n) is 8.51. The number of rotatable bonds is 1. The second-order valence-electron chi connectivity index (χ2n) is 6.48. The molecule has 1 aromatic rings. The Morgan fingerprint density at radius 1 is 1.04 bits per heavy atom. The molecule has 0 unspecified atom stereocenters. The van der Waals surface area contributed by atoms with Gasteiger partial charge in [0.2, 0.25) is 0 Å². The summed E-state index contributed by atoms with van der Waals surface area (Å²) in [4.78, 5) is 8.15. The standard InChI is InChI=1S/C11H13F3N2.C6H13NO/c12-11(13,14)9-4-5-10(15-8-9)16-6-2-1-3-7-16;1-7-4-2-6(8)3-5-7/h4-5,8H,1-3,6-7H2;6,8H,2-5H2,1H3. The minimum atomic E-state index is -4.30. The lowest BCUT2D eigenvalue weighted by atomic mass is 10.1. The normalized spacial score (nSPS) is 20.5. The molecule has 2 saturated heterocycles. The van der Waals surface area contributed by atoms with Gasteiger partial charge in [-0.2, -0.15) is 13.2 Å². The molecule has 136 valence electrons. The number of aliphatic hydroxyl groups is 1. The summed E-state index contributed by atoms with van der Waals surface area (Å²) in [6.45, 7) is 3.89. The van der Waals surface area contributed by atoms with Crippen molar-refractivity contribution in [1.29, 1.82) is 0 Å². The lowest BCUT2D eigenvalue weighted by Crippen LogP contribution is -2.32. The van der Waals surface area contributed by atoms with Gasteiger partial charge in [-0.25, -0.2) is 4.98 Å². The van der Waals surface area contributed by atoms with E-state index in [1.165, 1.54) is 12.5 Å². The molecule has 0 amide bonds. The van der Waals surface area contributed by atoms with Crippen LogP contribution in [0.2, 0.25) is 0 Å². The number of likely N-dealkylation sites (tertiary alicyclic amines) is 1. The van der Waals surface area contributed by atoms with Gasteiger partial charge in [0.15, 0.2) is 0 Å². The van der Waals surface area contributed by atoms with E-state index in [0.717, 1.165) is 64.1 Å². The Kier molecular flexibility index (Phi) is 6.86. The van der Waals surface area contributed by atoms with E-state index in [2.05, 4.69) is 16.9 Å². The third kappa shape index (κ3) is 5.94. The molecule has 1 aromatic heterocycles. The average Bonchev–Trinajstić information content (AvgIpc) is 2.58. The van der Waals surface area contributed by atoms with Gasteiger partial charge in [0.25, 0.3) is 0 Å². The van der Waals surface area contributed by atoms with Crippen molar-refractivity contribution < 1.29 is 18.3 Å². The van der Waals surface area contributed by atoms with Crippen LogP contribution in [0.4, 0.5) is 19.0 Å². The summed E-state index contributed by atoms with van der Waals surface area (Å²) in [6.07, 6.45) is 1.86. The van der Waals surface area contributed by atoms with E-state index in [0.29, 0.717) is 5.82 Å². The second kappa shape index (κ2) is 8.67. The van der Waals surface area contributed by atoms with Crippen LogP contribution in [0.5, 0.6) is 0 Å². The predicted octanol–water partition coefficient (Wildman–Crippen LogP) is 3.16. The van der Waals surface area contributed by atoms with Crippen molar-refractivity contribution in [3.8, 4) is 0 Å². The molecule has 3 rings (SSSR count). The van der Waals surface area contributed by atoms with Crippen LogP contribution < -0.4 is 4.90 Å². The van der Waals surface area contributed by atoms with E-state index in [-0.39, 0.29) is 6.10 Å². The first-order chi connectivity index (χ1) is 11.4. The lowest BCUT2D eigenvalue weighted by molar-refractivity contribution is -0.137. The molecule has 0 atom stereocenters. The highest BCUT2D eigenvalue weighted by Crippen LogP contribution is 2.29. The molecule has 1 N–H and O–H groups in total. The highest BCUT2D eigenvalue weighted by molar-refractivity contribution is 5.40. The summed E-state index contributed by atoms with van der Waals surface area (Å²) >= 11 is 0. The van der Waals surface area contributed by atoms with Crippen LogP contribution in [0.3, 0.4) is 0 Å². The molecule has 3 heterocycles. The Bertz CT molecular complexity index is 469. The SMILES string of the molecule is CN1CCC(O)CC1.FC(F)(F)c1ccc(N2CCCCC2)nc1. The van der Waals surface area contributed by atoms with Gasteiger partial charge in [-0.3, -0.25) is 0 Å². The smallest absolute Gasteiger partial charge is 0.393 e. The molecule has 0 radical (unpaired) electrons. The number of anilines is 1. The first kappa shape index (κ1) is 19.0. The number of piperidine rings is 2. The second-order valence-corrected chi connectivity index (χ2v) is 6.48. The van der Waals surface area contributed by atoms with Gasteiger partial charge in [-0.05, 0) is 51.3 Å². The molecule has 24 heavy (non-hydrogen) atoms. The van der Waals surface area contributed by atoms with Crippen LogP contribution in [0.1, 0.15) is 37.7 Å². The quantitative estimate of drug-likeness (QED) is 0.849. The highest BCUT2D eigenvalue weighted by atomic mass is 19.4. The number of aromatic nitrogens is 1. The van der Waals surface area contributed by atoms with Crippen molar-refractivity contribution in [2.45, 2.75) is 44.4 Å². The highest BCUT2D eigenvalue weighted by Gasteiger charge is 2.30. The largest absolute Gasteiger partial charge is 0.417 e. The zero-order chi connectivity index (χ0) is 17.6. The molecule has 0 aromatic carbocycles. The van der Waals surface area contributed by atoms with E-state index >= 15 is 0 Å². The minimum Gasteiger partial charge on any atom is -0.393 e. The maximum absolute atomic E-state index is 12.3. The summed E-state index contributed by atoms with van der Waals surface area (Å²) < 4.78 is 36.9. The van der Waals surface area contributed by atoms with Crippen LogP contribution >= 0.6 is 0 Å². The van der Waals surface area contributed by atoms with Gasteiger partial charge < -0.3 is 14.9 Å². The van der Waals surface area contributed by atoms with E-state index in [9.17, 15) is 13.2 Å². The summed E-state index contributed by atoms with van der Waals surface area (Å²) in [6, 6.07) is 2.55. The van der Waals surface area contributed by atoms with E-state index < -0.39 is 11.7 Å². The maximum Gasteiger partial charge on any atom is 0.417 e. The molecule has 4 nitrogen and oxygen atoms in total. The summed E-state index contributed by atoms with van der Waals surface area (Å²) in [5.74, 6) is 0.646. The minimum absolute atomic E-state index is 0.0220. The zero-order valence-electron chi connectivity index (χ0n) is 14.1. The van der Waals surface area contributed by atoms with Crippen LogP contribution in [0, 0.1) is 0 Å². The molecular formula is C17H26F3N3O. The van der Waals surface area contributed by atoms with Crippen LogP contribution in [0.25, 0.3) is 0 Å². The molecule has 0 aliphatic carbocycles. The number of nitrogens with zero attached hydrogens (tertiary/aromatic N) is 3. The number of hydrogen-bond donors (Lipinski definition) is 1. The summed E-state index contributed by atoms with van der Waals surface area (Å²) in [5, 5.41) is 9.00. The molecule has 0 spiro atoms. The number of hydrogen-bond acceptors (Lipinski definition) is 4. The Labute approximate surface area is 141 Å². The number of pyridine rings is 1. The number of aliphatic hydroxyl groups excluding tert-OH is 1. The van der Waals surface area contributed by atoms with Gasteiger partial charge in [0.1, 0.15) is 5.82 Å². The van der Waals surface area contributed by atoms with E-state index in [1.807, 2.05) is 4.90 Å². The third-order valence-electron chi connectivity index (χ3n) is 4.44. The molecule has 0 saturated carbocycles. The van der Waals surface area contributed by atoms with Crippen molar-refractivity contribution in [1.82, 2.24) is 9.88 Å². The fourth-order valence-electron chi connectivity index (χ4n) is 2.86. The fourth-order valence-corrected chi connectivity index (χ4v) is 2.86. The molecule has 0 bridgehead atoms. The van der Waals surface area contributed by atoms with Crippen molar-refractivity contribution >= 4 is 5.82 Å². The lowest BCUT2D eigenvalue weighted by Gasteiger charge is -2.27. The Morgan fingerprint density at radius 3 is 2.12 bits per heavy atom. The predicted molar refractivity (Wildman–Crippen MR) is 88.0 cm³/mol. The number of alkyl halides is 3. The zero-order valence-corrected chi connectivity index (χ0v) is 14.1. The van der Waals surface area contributed by atoms with Crippen LogP contribution in [-0.4, -0.2) is 54.3 Å². The molecular weight excluding hydrogens is 319 g/mol. The molecule has 7 heteroatoms. The van der Waals surface area contributed by atoms with Gasteiger partial charge >= 0.3 is 6.18 Å². The van der Waals surface area contributed by atoms with Crippen LogP contribution in [-0.2, 0) is 6.18 Å². The summed E-state index contributed by atoms with van der Waals surface area (Å²) in [5.41, 5.74) is -0.687. The Balaban J connectivity index is 0.000000219. The first-order valence-corrected chi connectivity index (χ1v) is 8.51. The molecule has 2 fully saturated rings. The van der Waals surface area contributed by atoms with Gasteiger partial charge in [0, 0.05) is 32.4 Å². The van der Waals surface area contributed by atoms with Gasteiger partial charge in [-0.15, -0.1) is 0 Å². The Hall–Kier alpha value is -1.34. The third-order valence-corrected chi connectivity index (χ3v) is 4.44.